The van der Waals surface area contributed by atoms with Crippen molar-refractivity contribution in [3.05, 3.63) is 71.8 Å². The van der Waals surface area contributed by atoms with E-state index in [4.69, 9.17) is 0 Å². The Morgan fingerprint density at radius 2 is 1.50 bits per heavy atom. The molecule has 0 aromatic heterocycles. The number of rotatable bonds is 5. The van der Waals surface area contributed by atoms with Crippen LogP contribution in [0.3, 0.4) is 0 Å². The summed E-state index contributed by atoms with van der Waals surface area (Å²) < 4.78 is 0. The molecule has 2 nitrogen and oxygen atoms in total. The summed E-state index contributed by atoms with van der Waals surface area (Å²) in [6.07, 6.45) is -0.477. The van der Waals surface area contributed by atoms with Gasteiger partial charge in [0.05, 0.1) is 6.10 Å². The van der Waals surface area contributed by atoms with Crippen molar-refractivity contribution in [3.63, 3.8) is 0 Å². The molecule has 0 bridgehead atoms. The maximum Gasteiger partial charge on any atom is 0.0940 e. The second-order valence-corrected chi connectivity index (χ2v) is 4.51. The van der Waals surface area contributed by atoms with E-state index in [0.717, 1.165) is 12.1 Å². The Hall–Kier alpha value is -1.64. The summed E-state index contributed by atoms with van der Waals surface area (Å²) in [5, 5.41) is 13.6. The van der Waals surface area contributed by atoms with Crippen LogP contribution in [0.5, 0.6) is 0 Å². The van der Waals surface area contributed by atoms with Crippen molar-refractivity contribution >= 4 is 0 Å². The summed E-state index contributed by atoms with van der Waals surface area (Å²) >= 11 is 0. The lowest BCUT2D eigenvalue weighted by Crippen LogP contribution is -2.31. The van der Waals surface area contributed by atoms with Gasteiger partial charge in [0.25, 0.3) is 0 Å². The molecule has 0 spiro atoms. The molecular weight excluding hydrogens is 222 g/mol. The van der Waals surface area contributed by atoms with Gasteiger partial charge in [-0.2, -0.15) is 0 Å². The lowest BCUT2D eigenvalue weighted by Gasteiger charge is -2.20. The topological polar surface area (TPSA) is 32.3 Å². The van der Waals surface area contributed by atoms with Crippen molar-refractivity contribution in [2.75, 3.05) is 0 Å². The van der Waals surface area contributed by atoms with Gasteiger partial charge in [-0.05, 0) is 18.1 Å². The van der Waals surface area contributed by atoms with Gasteiger partial charge in [-0.1, -0.05) is 60.7 Å². The summed E-state index contributed by atoms with van der Waals surface area (Å²) in [6.45, 7) is 2.77. The number of benzene rings is 2. The SMILES string of the molecule is C[C@H](NCc1ccccc1)[C@H](O)c1ccccc1. The average Bonchev–Trinajstić information content (AvgIpc) is 2.46. The Morgan fingerprint density at radius 3 is 2.11 bits per heavy atom. The predicted molar refractivity (Wildman–Crippen MR) is 74.1 cm³/mol. The van der Waals surface area contributed by atoms with Crippen LogP contribution in [0.25, 0.3) is 0 Å². The minimum Gasteiger partial charge on any atom is -0.387 e. The van der Waals surface area contributed by atoms with E-state index in [9.17, 15) is 5.11 Å². The molecule has 0 aliphatic carbocycles. The lowest BCUT2D eigenvalue weighted by molar-refractivity contribution is 0.135. The highest BCUT2D eigenvalue weighted by molar-refractivity contribution is 5.19. The van der Waals surface area contributed by atoms with E-state index in [1.165, 1.54) is 5.56 Å². The molecule has 94 valence electrons. The van der Waals surface area contributed by atoms with E-state index in [2.05, 4.69) is 17.4 Å². The largest absolute Gasteiger partial charge is 0.387 e. The number of hydrogen-bond acceptors (Lipinski definition) is 2. The van der Waals surface area contributed by atoms with Crippen LogP contribution in [0.1, 0.15) is 24.2 Å². The van der Waals surface area contributed by atoms with Crippen LogP contribution in [-0.2, 0) is 6.54 Å². The molecule has 2 rings (SSSR count). The first-order valence-electron chi connectivity index (χ1n) is 6.27. The fraction of sp³-hybridized carbons (Fsp3) is 0.250. The third-order valence-electron chi connectivity index (χ3n) is 3.09. The van der Waals surface area contributed by atoms with Gasteiger partial charge in [-0.25, -0.2) is 0 Å². The summed E-state index contributed by atoms with van der Waals surface area (Å²) in [5.41, 5.74) is 2.18. The quantitative estimate of drug-likeness (QED) is 0.843. The second-order valence-electron chi connectivity index (χ2n) is 4.51. The zero-order chi connectivity index (χ0) is 12.8. The fourth-order valence-electron chi connectivity index (χ4n) is 1.93. The van der Waals surface area contributed by atoms with E-state index >= 15 is 0 Å². The summed E-state index contributed by atoms with van der Waals surface area (Å²) in [4.78, 5) is 0. The molecule has 0 heterocycles. The minimum atomic E-state index is -0.477. The van der Waals surface area contributed by atoms with Crippen LogP contribution < -0.4 is 5.32 Å². The summed E-state index contributed by atoms with van der Waals surface area (Å²) in [7, 11) is 0. The van der Waals surface area contributed by atoms with Gasteiger partial charge < -0.3 is 10.4 Å². The molecule has 0 unspecified atom stereocenters. The molecule has 0 saturated carbocycles. The summed E-state index contributed by atoms with van der Waals surface area (Å²) in [6, 6.07) is 20.0. The summed E-state index contributed by atoms with van der Waals surface area (Å²) in [5.74, 6) is 0. The third-order valence-corrected chi connectivity index (χ3v) is 3.09. The fourth-order valence-corrected chi connectivity index (χ4v) is 1.93. The highest BCUT2D eigenvalue weighted by atomic mass is 16.3. The predicted octanol–water partition coefficient (Wildman–Crippen LogP) is 2.90. The molecule has 0 aliphatic rings. The second kappa shape index (κ2) is 6.34. The van der Waals surface area contributed by atoms with E-state index < -0.39 is 6.10 Å². The van der Waals surface area contributed by atoms with Crippen molar-refractivity contribution < 1.29 is 5.11 Å². The Kier molecular flexibility index (Phi) is 4.51. The van der Waals surface area contributed by atoms with Gasteiger partial charge >= 0.3 is 0 Å². The van der Waals surface area contributed by atoms with Crippen molar-refractivity contribution in [2.24, 2.45) is 0 Å². The lowest BCUT2D eigenvalue weighted by atomic mass is 10.0. The number of nitrogens with one attached hydrogen (secondary N) is 1. The van der Waals surface area contributed by atoms with E-state index in [1.807, 2.05) is 55.5 Å². The monoisotopic (exact) mass is 241 g/mol. The molecule has 2 aromatic carbocycles. The van der Waals surface area contributed by atoms with Crippen molar-refractivity contribution in [2.45, 2.75) is 25.6 Å². The van der Waals surface area contributed by atoms with Gasteiger partial charge in [0.2, 0.25) is 0 Å². The first kappa shape index (κ1) is 12.8. The minimum absolute atomic E-state index is 0.0209. The zero-order valence-electron chi connectivity index (χ0n) is 10.6. The molecule has 0 aliphatic heterocycles. The van der Waals surface area contributed by atoms with Crippen LogP contribution in [0.15, 0.2) is 60.7 Å². The Balaban J connectivity index is 1.90. The van der Waals surface area contributed by atoms with E-state index in [0.29, 0.717) is 0 Å². The number of aliphatic hydroxyl groups is 1. The maximum atomic E-state index is 10.2. The van der Waals surface area contributed by atoms with Crippen LogP contribution in [0, 0.1) is 0 Å². The maximum absolute atomic E-state index is 10.2. The molecule has 0 saturated heterocycles. The van der Waals surface area contributed by atoms with Crippen molar-refractivity contribution in [1.29, 1.82) is 0 Å². The molecular formula is C16H19NO. The molecule has 0 fully saturated rings. The Bertz CT molecular complexity index is 455. The van der Waals surface area contributed by atoms with Crippen LogP contribution in [-0.4, -0.2) is 11.1 Å². The van der Waals surface area contributed by atoms with E-state index in [1.54, 1.807) is 0 Å². The van der Waals surface area contributed by atoms with Crippen molar-refractivity contribution in [3.8, 4) is 0 Å². The Labute approximate surface area is 108 Å². The van der Waals surface area contributed by atoms with Crippen LogP contribution >= 0.6 is 0 Å². The normalized spacial score (nSPS) is 14.1. The van der Waals surface area contributed by atoms with Gasteiger partial charge in [0.1, 0.15) is 0 Å². The van der Waals surface area contributed by atoms with Gasteiger partial charge in [0.15, 0.2) is 0 Å². The third kappa shape index (κ3) is 3.42. The highest BCUT2D eigenvalue weighted by Crippen LogP contribution is 2.16. The zero-order valence-corrected chi connectivity index (χ0v) is 10.6. The van der Waals surface area contributed by atoms with Gasteiger partial charge in [0, 0.05) is 12.6 Å². The number of aliphatic hydroxyl groups excluding tert-OH is 1. The first-order valence-corrected chi connectivity index (χ1v) is 6.27. The molecule has 0 radical (unpaired) electrons. The van der Waals surface area contributed by atoms with E-state index in [-0.39, 0.29) is 6.04 Å². The molecule has 2 atom stereocenters. The van der Waals surface area contributed by atoms with Crippen molar-refractivity contribution in [1.82, 2.24) is 5.32 Å². The standard InChI is InChI=1S/C16H19NO/c1-13(16(18)15-10-6-3-7-11-15)17-12-14-8-4-2-5-9-14/h2-11,13,16-18H,12H2,1H3/t13-,16-/m0/s1. The smallest absolute Gasteiger partial charge is 0.0940 e. The molecule has 2 heteroatoms. The van der Waals surface area contributed by atoms with Gasteiger partial charge in [-0.15, -0.1) is 0 Å². The molecule has 2 aromatic rings. The molecule has 0 amide bonds. The molecule has 2 N–H and O–H groups in total. The molecule has 18 heavy (non-hydrogen) atoms. The van der Waals surface area contributed by atoms with Gasteiger partial charge in [-0.3, -0.25) is 0 Å². The van der Waals surface area contributed by atoms with Crippen LogP contribution in [0.4, 0.5) is 0 Å². The average molecular weight is 241 g/mol. The first-order chi connectivity index (χ1) is 8.77. The highest BCUT2D eigenvalue weighted by Gasteiger charge is 2.15. The number of hydrogen-bond donors (Lipinski definition) is 2. The Morgan fingerprint density at radius 1 is 0.944 bits per heavy atom. The van der Waals surface area contributed by atoms with Crippen LogP contribution in [0.2, 0.25) is 0 Å².